The van der Waals surface area contributed by atoms with E-state index in [9.17, 15) is 24.0 Å². The Kier molecular flexibility index (Phi) is 17.0. The summed E-state index contributed by atoms with van der Waals surface area (Å²) in [6, 6.07) is 0. The average molecular weight is 747 g/mol. The molecule has 0 saturated carbocycles. The fourth-order valence-electron chi connectivity index (χ4n) is 5.64. The summed E-state index contributed by atoms with van der Waals surface area (Å²) in [6.45, 7) is 22.9. The summed E-state index contributed by atoms with van der Waals surface area (Å²) in [5.41, 5.74) is -1.10. The van der Waals surface area contributed by atoms with Gasteiger partial charge >= 0.3 is 29.8 Å². The first-order chi connectivity index (χ1) is 24.0. The molecule has 0 radical (unpaired) electrons. The molecular weight excluding hydrogens is 684 g/mol. The smallest absolute Gasteiger partial charge is 0.313 e. The number of esters is 5. The number of methoxy groups -OCH3 is 1. The molecule has 52 heavy (non-hydrogen) atoms. The predicted molar refractivity (Wildman–Crippen MR) is 184 cm³/mol. The van der Waals surface area contributed by atoms with Gasteiger partial charge in [-0.3, -0.25) is 24.0 Å². The molecule has 0 aromatic heterocycles. The second kappa shape index (κ2) is 19.5. The minimum Gasteiger partial charge on any atom is -0.469 e. The Bertz CT molecular complexity index is 1210. The maximum Gasteiger partial charge on any atom is 0.313 e. The second-order valence-electron chi connectivity index (χ2n) is 15.6. The van der Waals surface area contributed by atoms with E-state index in [4.69, 9.17) is 42.6 Å². The molecule has 0 aromatic rings. The van der Waals surface area contributed by atoms with Crippen molar-refractivity contribution < 1.29 is 71.3 Å². The molecule has 15 heteroatoms. The lowest BCUT2D eigenvalue weighted by molar-refractivity contribution is -0.333. The Balaban J connectivity index is 0.00000104. The van der Waals surface area contributed by atoms with Gasteiger partial charge in [-0.2, -0.15) is 0 Å². The fourth-order valence-corrected chi connectivity index (χ4v) is 5.64. The summed E-state index contributed by atoms with van der Waals surface area (Å²) in [6.07, 6.45) is -6.09. The molecule has 3 saturated heterocycles. The van der Waals surface area contributed by atoms with Gasteiger partial charge in [0.15, 0.2) is 30.9 Å². The first-order valence-electron chi connectivity index (χ1n) is 18.0. The lowest BCUT2D eigenvalue weighted by Crippen LogP contribution is -2.58. The molecular formula is C37H62O15. The number of carbonyl (C=O) groups excluding carboxylic acids is 5. The number of rotatable bonds is 10. The van der Waals surface area contributed by atoms with E-state index in [0.717, 1.165) is 0 Å². The van der Waals surface area contributed by atoms with Crippen molar-refractivity contribution in [2.45, 2.75) is 146 Å². The zero-order valence-electron chi connectivity index (χ0n) is 33.4. The van der Waals surface area contributed by atoms with Gasteiger partial charge in [0.2, 0.25) is 6.29 Å². The quantitative estimate of drug-likeness (QED) is 0.228. The second-order valence-corrected chi connectivity index (χ2v) is 15.6. The zero-order chi connectivity index (χ0) is 39.7. The zero-order valence-corrected chi connectivity index (χ0v) is 33.4. The van der Waals surface area contributed by atoms with Crippen LogP contribution in [0.2, 0.25) is 0 Å². The standard InChI is InChI=1S/C31H50O13.C6H12O2/c1-11-31(9,10)30(35)44-29-26(41-21(8)34)18(5)23(14-38-29)43-28-25(40-20(7)33)17(4)22(13-37-28)42-27-24(39-19(6)32)16(3)15(2)12-36-27;1-6(2,3)5(7)8-4/h15-18,22-29H,11-14H2,1-10H3;1-4H3. The molecule has 0 aliphatic carbocycles. The van der Waals surface area contributed by atoms with E-state index in [2.05, 4.69) is 4.74 Å². The third-order valence-corrected chi connectivity index (χ3v) is 9.78. The molecule has 0 bridgehead atoms. The summed E-state index contributed by atoms with van der Waals surface area (Å²) in [4.78, 5) is 59.3. The van der Waals surface area contributed by atoms with Crippen LogP contribution in [0.5, 0.6) is 0 Å². The SMILES string of the molecule is CCC(C)(C)C(=O)OC1OCC(OC2OCC(OC3OCC(C)C(C)C3OC(C)=O)C(C)C2OC(C)=O)C(C)C1OC(C)=O.COC(=O)C(C)(C)C. The first-order valence-corrected chi connectivity index (χ1v) is 18.0. The average Bonchev–Trinajstić information content (AvgIpc) is 3.05. The highest BCUT2D eigenvalue weighted by Gasteiger charge is 2.50. The normalized spacial score (nSPS) is 33.7. The summed E-state index contributed by atoms with van der Waals surface area (Å²) in [5, 5.41) is 0. The topological polar surface area (TPSA) is 178 Å². The molecule has 0 N–H and O–H groups in total. The molecule has 12 unspecified atom stereocenters. The molecule has 3 rings (SSSR count). The molecule has 0 spiro atoms. The van der Waals surface area contributed by atoms with Crippen molar-refractivity contribution in [3.8, 4) is 0 Å². The Labute approximate surface area is 308 Å². The van der Waals surface area contributed by atoms with Crippen LogP contribution >= 0.6 is 0 Å². The van der Waals surface area contributed by atoms with Crippen molar-refractivity contribution in [3.63, 3.8) is 0 Å². The maximum atomic E-state index is 12.8. The van der Waals surface area contributed by atoms with E-state index >= 15 is 0 Å². The van der Waals surface area contributed by atoms with Gasteiger partial charge in [-0.1, -0.05) is 34.6 Å². The van der Waals surface area contributed by atoms with Gasteiger partial charge in [0.25, 0.3) is 0 Å². The van der Waals surface area contributed by atoms with Crippen LogP contribution < -0.4 is 0 Å². The molecule has 300 valence electrons. The Hall–Kier alpha value is -2.85. The lowest BCUT2D eigenvalue weighted by Gasteiger charge is -2.46. The molecule has 3 fully saturated rings. The van der Waals surface area contributed by atoms with Crippen molar-refractivity contribution in [1.82, 2.24) is 0 Å². The number of carbonyl (C=O) groups is 5. The highest BCUT2D eigenvalue weighted by atomic mass is 16.8. The Morgan fingerprint density at radius 1 is 0.577 bits per heavy atom. The van der Waals surface area contributed by atoms with Crippen molar-refractivity contribution >= 4 is 29.8 Å². The van der Waals surface area contributed by atoms with Gasteiger partial charge < -0.3 is 47.4 Å². The van der Waals surface area contributed by atoms with E-state index in [1.165, 1.54) is 27.9 Å². The van der Waals surface area contributed by atoms with Crippen molar-refractivity contribution in [2.24, 2.45) is 34.5 Å². The Morgan fingerprint density at radius 3 is 1.33 bits per heavy atom. The van der Waals surface area contributed by atoms with Crippen molar-refractivity contribution in [1.29, 1.82) is 0 Å². The summed E-state index contributed by atoms with van der Waals surface area (Å²) in [7, 11) is 1.40. The number of hydrogen-bond acceptors (Lipinski definition) is 15. The maximum absolute atomic E-state index is 12.8. The van der Waals surface area contributed by atoms with Gasteiger partial charge in [0.05, 0.1) is 50.0 Å². The monoisotopic (exact) mass is 746 g/mol. The van der Waals surface area contributed by atoms with E-state index in [1.54, 1.807) is 20.8 Å². The number of hydrogen-bond donors (Lipinski definition) is 0. The largest absolute Gasteiger partial charge is 0.469 e. The molecule has 15 nitrogen and oxygen atoms in total. The van der Waals surface area contributed by atoms with Crippen LogP contribution in [0.4, 0.5) is 0 Å². The van der Waals surface area contributed by atoms with Crippen LogP contribution in [-0.4, -0.2) is 106 Å². The minimum atomic E-state index is -1.12. The highest BCUT2D eigenvalue weighted by molar-refractivity contribution is 5.76. The minimum absolute atomic E-state index is 0.000441. The van der Waals surface area contributed by atoms with Crippen LogP contribution in [0.3, 0.4) is 0 Å². The molecule has 3 aliphatic heterocycles. The summed E-state index contributed by atoms with van der Waals surface area (Å²) >= 11 is 0. The van der Waals surface area contributed by atoms with Crippen LogP contribution in [-0.2, 0) is 71.3 Å². The summed E-state index contributed by atoms with van der Waals surface area (Å²) in [5.74, 6) is -2.93. The van der Waals surface area contributed by atoms with Crippen LogP contribution in [0.25, 0.3) is 0 Å². The van der Waals surface area contributed by atoms with Crippen LogP contribution in [0, 0.1) is 34.5 Å². The van der Waals surface area contributed by atoms with Crippen LogP contribution in [0.1, 0.15) is 96.4 Å². The third kappa shape index (κ3) is 12.6. The molecule has 3 aliphatic rings. The summed E-state index contributed by atoms with van der Waals surface area (Å²) < 4.78 is 57.3. The van der Waals surface area contributed by atoms with Crippen LogP contribution in [0.15, 0.2) is 0 Å². The lowest BCUT2D eigenvalue weighted by atomic mass is 9.88. The van der Waals surface area contributed by atoms with E-state index < -0.39 is 90.5 Å². The molecule has 12 atom stereocenters. The Morgan fingerprint density at radius 2 is 0.962 bits per heavy atom. The van der Waals surface area contributed by atoms with Crippen molar-refractivity contribution in [3.05, 3.63) is 0 Å². The number of ether oxygens (including phenoxy) is 10. The van der Waals surface area contributed by atoms with E-state index in [1.807, 2.05) is 48.5 Å². The molecule has 3 heterocycles. The van der Waals surface area contributed by atoms with Gasteiger partial charge in [0, 0.05) is 38.5 Å². The van der Waals surface area contributed by atoms with E-state index in [0.29, 0.717) is 13.0 Å². The molecule has 0 amide bonds. The third-order valence-electron chi connectivity index (χ3n) is 9.78. The fraction of sp³-hybridized carbons (Fsp3) is 0.865. The van der Waals surface area contributed by atoms with Gasteiger partial charge in [-0.05, 0) is 47.0 Å². The highest BCUT2D eigenvalue weighted by Crippen LogP contribution is 2.36. The van der Waals surface area contributed by atoms with Gasteiger partial charge in [0.1, 0.15) is 0 Å². The van der Waals surface area contributed by atoms with E-state index in [-0.39, 0.29) is 36.4 Å². The van der Waals surface area contributed by atoms with Crippen molar-refractivity contribution in [2.75, 3.05) is 26.9 Å². The van der Waals surface area contributed by atoms with Gasteiger partial charge in [-0.25, -0.2) is 0 Å². The van der Waals surface area contributed by atoms with Gasteiger partial charge in [-0.15, -0.1) is 0 Å². The molecule has 0 aromatic carbocycles. The predicted octanol–water partition coefficient (Wildman–Crippen LogP) is 4.35. The first kappa shape index (κ1) is 45.3.